The van der Waals surface area contributed by atoms with E-state index < -0.39 is 0 Å². The number of allylic oxidation sites excluding steroid dienone is 1. The maximum atomic E-state index is 13.4. The van der Waals surface area contributed by atoms with Gasteiger partial charge < -0.3 is 9.47 Å². The van der Waals surface area contributed by atoms with E-state index in [1.54, 1.807) is 24.3 Å². The Hall–Kier alpha value is -1.06. The van der Waals surface area contributed by atoms with Gasteiger partial charge in [-0.15, -0.1) is 11.6 Å². The van der Waals surface area contributed by atoms with Gasteiger partial charge >= 0.3 is 0 Å². The average Bonchev–Trinajstić information content (AvgIpc) is 2.25. The number of rotatable bonds is 5. The molecule has 0 bridgehead atoms. The predicted molar refractivity (Wildman–Crippen MR) is 58.7 cm³/mol. The molecule has 0 aliphatic heterocycles. The second kappa shape index (κ2) is 6.43. The highest BCUT2D eigenvalue weighted by atomic mass is 35.5. The minimum Gasteiger partial charge on any atom is -0.467 e. The number of alkyl halides is 1. The molecule has 15 heavy (non-hydrogen) atoms. The lowest BCUT2D eigenvalue weighted by molar-refractivity contribution is 0.0509. The summed E-state index contributed by atoms with van der Waals surface area (Å²) in [5.74, 6) is 0.462. The Labute approximate surface area is 93.3 Å². The lowest BCUT2D eigenvalue weighted by Crippen LogP contribution is -1.99. The summed E-state index contributed by atoms with van der Waals surface area (Å²) in [6.07, 6.45) is 3.30. The number of methoxy groups -OCH3 is 1. The van der Waals surface area contributed by atoms with E-state index >= 15 is 0 Å². The molecule has 0 fully saturated rings. The van der Waals surface area contributed by atoms with Crippen LogP contribution in [0.25, 0.3) is 6.08 Å². The predicted octanol–water partition coefficient (Wildman–Crippen LogP) is 3.06. The quantitative estimate of drug-likeness (QED) is 0.572. The third-order valence-corrected chi connectivity index (χ3v) is 1.88. The van der Waals surface area contributed by atoms with Crippen molar-refractivity contribution < 1.29 is 13.9 Å². The average molecular weight is 231 g/mol. The SMILES string of the molecule is COCOc1ccc(C=CCCl)c(F)c1. The fraction of sp³-hybridized carbons (Fsp3) is 0.273. The van der Waals surface area contributed by atoms with E-state index in [2.05, 4.69) is 0 Å². The Kier molecular flexibility index (Phi) is 5.15. The number of hydrogen-bond acceptors (Lipinski definition) is 2. The molecule has 1 aromatic rings. The van der Waals surface area contributed by atoms with E-state index in [-0.39, 0.29) is 12.6 Å². The molecule has 1 rings (SSSR count). The highest BCUT2D eigenvalue weighted by molar-refractivity contribution is 6.19. The second-order valence-corrected chi connectivity index (χ2v) is 3.10. The zero-order valence-corrected chi connectivity index (χ0v) is 9.13. The van der Waals surface area contributed by atoms with E-state index in [0.29, 0.717) is 17.2 Å². The highest BCUT2D eigenvalue weighted by Gasteiger charge is 2.01. The molecule has 2 nitrogen and oxygen atoms in total. The van der Waals surface area contributed by atoms with Gasteiger partial charge in [0.25, 0.3) is 0 Å². The van der Waals surface area contributed by atoms with E-state index in [1.165, 1.54) is 13.2 Å². The number of ether oxygens (including phenoxy) is 2. The van der Waals surface area contributed by atoms with E-state index in [0.717, 1.165) is 0 Å². The molecule has 0 atom stereocenters. The first-order valence-electron chi connectivity index (χ1n) is 4.41. The van der Waals surface area contributed by atoms with E-state index in [9.17, 15) is 4.39 Å². The fourth-order valence-corrected chi connectivity index (χ4v) is 1.12. The summed E-state index contributed by atoms with van der Waals surface area (Å²) in [7, 11) is 1.51. The summed E-state index contributed by atoms with van der Waals surface area (Å²) >= 11 is 5.45. The van der Waals surface area contributed by atoms with Crippen LogP contribution in [-0.2, 0) is 4.74 Å². The van der Waals surface area contributed by atoms with Gasteiger partial charge in [0.1, 0.15) is 11.6 Å². The first-order valence-corrected chi connectivity index (χ1v) is 4.95. The molecule has 0 saturated heterocycles. The molecule has 0 aliphatic carbocycles. The number of benzene rings is 1. The molecule has 0 aromatic heterocycles. The van der Waals surface area contributed by atoms with Crippen LogP contribution in [0.15, 0.2) is 24.3 Å². The fourth-order valence-electron chi connectivity index (χ4n) is 1.03. The molecule has 0 N–H and O–H groups in total. The van der Waals surface area contributed by atoms with E-state index in [1.807, 2.05) is 0 Å². The summed E-state index contributed by atoms with van der Waals surface area (Å²) in [6.45, 7) is 0.107. The van der Waals surface area contributed by atoms with Gasteiger partial charge in [-0.2, -0.15) is 0 Å². The van der Waals surface area contributed by atoms with Crippen molar-refractivity contribution in [3.63, 3.8) is 0 Å². The lowest BCUT2D eigenvalue weighted by Gasteiger charge is -2.05. The van der Waals surface area contributed by atoms with Crippen LogP contribution in [0.3, 0.4) is 0 Å². The lowest BCUT2D eigenvalue weighted by atomic mass is 10.2. The largest absolute Gasteiger partial charge is 0.467 e. The van der Waals surface area contributed by atoms with Crippen molar-refractivity contribution in [1.29, 1.82) is 0 Å². The van der Waals surface area contributed by atoms with Crippen molar-refractivity contribution in [2.24, 2.45) is 0 Å². The molecule has 82 valence electrons. The highest BCUT2D eigenvalue weighted by Crippen LogP contribution is 2.17. The van der Waals surface area contributed by atoms with E-state index in [4.69, 9.17) is 21.1 Å². The van der Waals surface area contributed by atoms with Crippen molar-refractivity contribution >= 4 is 17.7 Å². The molecule has 0 aliphatic rings. The molecule has 4 heteroatoms. The van der Waals surface area contributed by atoms with Gasteiger partial charge in [0.2, 0.25) is 0 Å². The zero-order valence-electron chi connectivity index (χ0n) is 8.37. The number of hydrogen-bond donors (Lipinski definition) is 0. The monoisotopic (exact) mass is 230 g/mol. The smallest absolute Gasteiger partial charge is 0.188 e. The zero-order chi connectivity index (χ0) is 11.1. The molecule has 0 unspecified atom stereocenters. The van der Waals surface area contributed by atoms with Crippen LogP contribution >= 0.6 is 11.6 Å². The van der Waals surface area contributed by atoms with Crippen LogP contribution in [-0.4, -0.2) is 19.8 Å². The minimum absolute atomic E-state index is 0.107. The van der Waals surface area contributed by atoms with Crippen molar-refractivity contribution in [3.8, 4) is 5.75 Å². The van der Waals surface area contributed by atoms with Gasteiger partial charge in [-0.05, 0) is 12.1 Å². The molecule has 0 amide bonds. The number of halogens is 2. The third-order valence-electron chi connectivity index (χ3n) is 1.70. The van der Waals surface area contributed by atoms with Crippen molar-refractivity contribution in [3.05, 3.63) is 35.7 Å². The van der Waals surface area contributed by atoms with Crippen molar-refractivity contribution in [1.82, 2.24) is 0 Å². The second-order valence-electron chi connectivity index (χ2n) is 2.79. The summed E-state index contributed by atoms with van der Waals surface area (Å²) in [5.41, 5.74) is 0.486. The first kappa shape index (κ1) is 12.0. The van der Waals surface area contributed by atoms with Crippen LogP contribution < -0.4 is 4.74 Å². The Balaban J connectivity index is 2.74. The van der Waals surface area contributed by atoms with Gasteiger partial charge in [0.15, 0.2) is 6.79 Å². The topological polar surface area (TPSA) is 18.5 Å². The van der Waals surface area contributed by atoms with Gasteiger partial charge in [0.05, 0.1) is 0 Å². The molecular weight excluding hydrogens is 219 g/mol. The first-order chi connectivity index (χ1) is 7.27. The summed E-state index contributed by atoms with van der Waals surface area (Å²) in [5, 5.41) is 0. The summed E-state index contributed by atoms with van der Waals surface area (Å²) < 4.78 is 23.2. The standard InChI is InChI=1S/C11H12ClFO2/c1-14-8-15-10-5-4-9(3-2-6-12)11(13)7-10/h2-5,7H,6,8H2,1H3. The van der Waals surface area contributed by atoms with Gasteiger partial charge in [-0.1, -0.05) is 12.2 Å². The van der Waals surface area contributed by atoms with Crippen LogP contribution in [0.4, 0.5) is 4.39 Å². The minimum atomic E-state index is -0.343. The molecule has 1 aromatic carbocycles. The van der Waals surface area contributed by atoms with Gasteiger partial charge in [0, 0.05) is 24.6 Å². The van der Waals surface area contributed by atoms with Gasteiger partial charge in [-0.3, -0.25) is 0 Å². The Bertz CT molecular complexity index is 339. The van der Waals surface area contributed by atoms with Gasteiger partial charge in [-0.25, -0.2) is 4.39 Å². The Morgan fingerprint density at radius 3 is 2.87 bits per heavy atom. The van der Waals surface area contributed by atoms with Crippen molar-refractivity contribution in [2.45, 2.75) is 0 Å². The summed E-state index contributed by atoms with van der Waals surface area (Å²) in [6, 6.07) is 4.62. The van der Waals surface area contributed by atoms with Crippen molar-refractivity contribution in [2.75, 3.05) is 19.8 Å². The van der Waals surface area contributed by atoms with Crippen LogP contribution in [0.1, 0.15) is 5.56 Å². The Morgan fingerprint density at radius 1 is 1.47 bits per heavy atom. The van der Waals surface area contributed by atoms with Crippen LogP contribution in [0.2, 0.25) is 0 Å². The Morgan fingerprint density at radius 2 is 2.27 bits per heavy atom. The maximum Gasteiger partial charge on any atom is 0.188 e. The summed E-state index contributed by atoms with van der Waals surface area (Å²) in [4.78, 5) is 0. The molecule has 0 spiro atoms. The molecule has 0 radical (unpaired) electrons. The molecular formula is C11H12ClFO2. The normalized spacial score (nSPS) is 10.9. The maximum absolute atomic E-state index is 13.4. The van der Waals surface area contributed by atoms with Crippen LogP contribution in [0.5, 0.6) is 5.75 Å². The molecule has 0 saturated carbocycles. The van der Waals surface area contributed by atoms with Crippen LogP contribution in [0, 0.1) is 5.82 Å². The molecule has 0 heterocycles. The third kappa shape index (κ3) is 3.90.